The van der Waals surface area contributed by atoms with Crippen LogP contribution >= 0.6 is 7.14 Å². The smallest absolute Gasteiger partial charge is 0.184 e. The third kappa shape index (κ3) is 4.31. The highest BCUT2D eigenvalue weighted by Crippen LogP contribution is 2.37. The molecular formula is C15H21N6O3P. The Kier molecular flexibility index (Phi) is 4.99. The van der Waals surface area contributed by atoms with Crippen LogP contribution in [-0.2, 0) is 14.0 Å². The SMILES string of the molecule is CN(C)C=Nc1ncnc2c1ncn2[C@H]1C=C[C@@H](OCP(C)(C)=O)O1. The second-order valence-electron chi connectivity index (χ2n) is 6.38. The molecule has 2 aromatic heterocycles. The molecule has 0 fully saturated rings. The molecule has 0 unspecified atom stereocenters. The summed E-state index contributed by atoms with van der Waals surface area (Å²) in [6, 6.07) is 0. The Morgan fingerprint density at radius 3 is 2.88 bits per heavy atom. The van der Waals surface area contributed by atoms with Gasteiger partial charge >= 0.3 is 0 Å². The molecule has 1 aliphatic rings. The van der Waals surface area contributed by atoms with Gasteiger partial charge < -0.3 is 18.9 Å². The van der Waals surface area contributed by atoms with Gasteiger partial charge in [-0.1, -0.05) is 0 Å². The molecule has 0 bridgehead atoms. The average molecular weight is 364 g/mol. The van der Waals surface area contributed by atoms with Crippen molar-refractivity contribution in [3.63, 3.8) is 0 Å². The molecule has 10 heteroatoms. The molecule has 9 nitrogen and oxygen atoms in total. The molecule has 0 N–H and O–H groups in total. The molecule has 0 aliphatic carbocycles. The third-order valence-electron chi connectivity index (χ3n) is 3.28. The van der Waals surface area contributed by atoms with Crippen LogP contribution in [-0.4, -0.2) is 70.8 Å². The predicted molar refractivity (Wildman–Crippen MR) is 95.6 cm³/mol. The van der Waals surface area contributed by atoms with Gasteiger partial charge in [0.1, 0.15) is 19.8 Å². The van der Waals surface area contributed by atoms with E-state index in [4.69, 9.17) is 9.47 Å². The predicted octanol–water partition coefficient (Wildman–Crippen LogP) is 2.06. The molecule has 3 heterocycles. The summed E-state index contributed by atoms with van der Waals surface area (Å²) in [5.41, 5.74) is 1.21. The van der Waals surface area contributed by atoms with Gasteiger partial charge in [-0.15, -0.1) is 0 Å². The minimum atomic E-state index is -2.26. The van der Waals surface area contributed by atoms with Crippen molar-refractivity contribution in [2.75, 3.05) is 33.8 Å². The highest BCUT2D eigenvalue weighted by atomic mass is 31.2. The minimum Gasteiger partial charge on any atom is -0.369 e. The minimum absolute atomic E-state index is 0.172. The summed E-state index contributed by atoms with van der Waals surface area (Å²) in [5.74, 6) is 0.491. The maximum atomic E-state index is 11.7. The molecule has 0 aromatic carbocycles. The highest BCUT2D eigenvalue weighted by molar-refractivity contribution is 7.62. The number of aliphatic imine (C=N–C) groups is 1. The Morgan fingerprint density at radius 2 is 2.16 bits per heavy atom. The van der Waals surface area contributed by atoms with Gasteiger partial charge in [0.2, 0.25) is 0 Å². The lowest BCUT2D eigenvalue weighted by molar-refractivity contribution is -0.123. The van der Waals surface area contributed by atoms with E-state index in [0.29, 0.717) is 17.0 Å². The molecule has 0 amide bonds. The van der Waals surface area contributed by atoms with E-state index < -0.39 is 19.7 Å². The van der Waals surface area contributed by atoms with E-state index in [-0.39, 0.29) is 6.35 Å². The van der Waals surface area contributed by atoms with Crippen LogP contribution in [0.5, 0.6) is 0 Å². The first kappa shape index (κ1) is 17.7. The van der Waals surface area contributed by atoms with Crippen LogP contribution in [0.2, 0.25) is 0 Å². The quantitative estimate of drug-likeness (QED) is 0.335. The number of aromatic nitrogens is 4. The highest BCUT2D eigenvalue weighted by Gasteiger charge is 2.25. The lowest BCUT2D eigenvalue weighted by Gasteiger charge is -2.17. The fraction of sp³-hybridized carbons (Fsp3) is 0.467. The number of hydrogen-bond donors (Lipinski definition) is 0. The summed E-state index contributed by atoms with van der Waals surface area (Å²) in [6.45, 7) is 3.36. The van der Waals surface area contributed by atoms with Crippen LogP contribution in [0.15, 0.2) is 29.8 Å². The zero-order valence-electron chi connectivity index (χ0n) is 14.6. The Bertz CT molecular complexity index is 856. The fourth-order valence-electron chi connectivity index (χ4n) is 2.21. The van der Waals surface area contributed by atoms with Crippen LogP contribution in [0, 0.1) is 0 Å². The average Bonchev–Trinajstić information content (AvgIpc) is 3.16. The summed E-state index contributed by atoms with van der Waals surface area (Å²) in [6.07, 6.45) is 7.61. The van der Waals surface area contributed by atoms with Crippen molar-refractivity contribution in [2.24, 2.45) is 4.99 Å². The fourth-order valence-corrected chi connectivity index (χ4v) is 2.72. The van der Waals surface area contributed by atoms with E-state index in [2.05, 4.69) is 19.9 Å². The van der Waals surface area contributed by atoms with Gasteiger partial charge in [0, 0.05) is 14.1 Å². The molecule has 3 rings (SSSR count). The first-order chi connectivity index (χ1) is 11.8. The Hall–Kier alpha value is -2.09. The number of rotatable bonds is 6. The summed E-state index contributed by atoms with van der Waals surface area (Å²) in [4.78, 5) is 18.9. The zero-order valence-corrected chi connectivity index (χ0v) is 15.5. The van der Waals surface area contributed by atoms with E-state index in [1.165, 1.54) is 6.33 Å². The van der Waals surface area contributed by atoms with E-state index in [1.54, 1.807) is 36.6 Å². The number of fused-ring (bicyclic) bond motifs is 1. The van der Waals surface area contributed by atoms with Gasteiger partial charge in [0.15, 0.2) is 29.5 Å². The lowest BCUT2D eigenvalue weighted by atomic mass is 10.4. The third-order valence-corrected chi connectivity index (χ3v) is 4.05. The second-order valence-corrected chi connectivity index (χ2v) is 9.79. The molecule has 25 heavy (non-hydrogen) atoms. The normalized spacial score (nSPS) is 20.8. The molecule has 0 radical (unpaired) electrons. The number of hydrogen-bond acceptors (Lipinski definition) is 7. The Morgan fingerprint density at radius 1 is 1.36 bits per heavy atom. The van der Waals surface area contributed by atoms with Gasteiger partial charge in [-0.25, -0.2) is 19.9 Å². The Labute approximate surface area is 145 Å². The Balaban J connectivity index is 1.78. The molecule has 0 spiro atoms. The monoisotopic (exact) mass is 364 g/mol. The lowest BCUT2D eigenvalue weighted by Crippen LogP contribution is -2.15. The van der Waals surface area contributed by atoms with Crippen LogP contribution in [0.25, 0.3) is 11.2 Å². The summed E-state index contributed by atoms with van der Waals surface area (Å²) in [7, 11) is 1.50. The molecule has 0 saturated heterocycles. The molecule has 134 valence electrons. The molecular weight excluding hydrogens is 343 g/mol. The van der Waals surface area contributed by atoms with Crippen molar-refractivity contribution in [3.05, 3.63) is 24.8 Å². The summed E-state index contributed by atoms with van der Waals surface area (Å²) >= 11 is 0. The summed E-state index contributed by atoms with van der Waals surface area (Å²) in [5, 5.41) is 0. The standard InChI is InChI=1S/C15H21N6O3P/c1-20(2)8-19-14-13-15(17-7-16-14)21(9-18-13)11-5-6-12(24-11)23-10-25(3,4)22/h5-9,11-12H,10H2,1-4H3/t11-,12+/m1/s1. The maximum Gasteiger partial charge on any atom is 0.184 e. The van der Waals surface area contributed by atoms with Gasteiger partial charge in [-0.05, 0) is 25.5 Å². The van der Waals surface area contributed by atoms with Crippen molar-refractivity contribution in [1.82, 2.24) is 24.4 Å². The molecule has 2 aromatic rings. The van der Waals surface area contributed by atoms with Gasteiger partial charge in [-0.3, -0.25) is 4.57 Å². The molecule has 1 aliphatic heterocycles. The number of imidazole rings is 1. The van der Waals surface area contributed by atoms with Gasteiger partial charge in [-0.2, -0.15) is 0 Å². The van der Waals surface area contributed by atoms with Crippen molar-refractivity contribution in [3.8, 4) is 0 Å². The van der Waals surface area contributed by atoms with Crippen molar-refractivity contribution in [2.45, 2.75) is 12.5 Å². The zero-order chi connectivity index (χ0) is 18.0. The number of nitrogens with zero attached hydrogens (tertiary/aromatic N) is 6. The van der Waals surface area contributed by atoms with E-state index >= 15 is 0 Å². The van der Waals surface area contributed by atoms with Gasteiger partial charge in [0.25, 0.3) is 0 Å². The first-order valence-electron chi connectivity index (χ1n) is 7.71. The van der Waals surface area contributed by atoms with Crippen molar-refractivity contribution in [1.29, 1.82) is 0 Å². The van der Waals surface area contributed by atoms with Crippen LogP contribution in [0.1, 0.15) is 6.23 Å². The summed E-state index contributed by atoms with van der Waals surface area (Å²) < 4.78 is 24.9. The molecule has 0 saturated carbocycles. The maximum absolute atomic E-state index is 11.7. The van der Waals surface area contributed by atoms with Crippen LogP contribution in [0.3, 0.4) is 0 Å². The number of ether oxygens (including phenoxy) is 2. The van der Waals surface area contributed by atoms with E-state index in [9.17, 15) is 4.57 Å². The first-order valence-corrected chi connectivity index (χ1v) is 10.5. The van der Waals surface area contributed by atoms with Crippen LogP contribution < -0.4 is 0 Å². The molecule has 2 atom stereocenters. The second kappa shape index (κ2) is 7.03. The van der Waals surface area contributed by atoms with E-state index in [0.717, 1.165) is 0 Å². The largest absolute Gasteiger partial charge is 0.369 e. The van der Waals surface area contributed by atoms with Crippen LogP contribution in [0.4, 0.5) is 5.82 Å². The van der Waals surface area contributed by atoms with Crippen molar-refractivity contribution < 1.29 is 14.0 Å². The topological polar surface area (TPSA) is 94.7 Å². The van der Waals surface area contributed by atoms with E-state index in [1.807, 2.05) is 25.1 Å². The van der Waals surface area contributed by atoms with Gasteiger partial charge in [0.05, 0.1) is 12.7 Å². The van der Waals surface area contributed by atoms with Crippen molar-refractivity contribution >= 4 is 30.5 Å².